The maximum absolute atomic E-state index is 12.4. The molecule has 1 aromatic carbocycles. The number of carbonyl (C=O) groups is 1. The topological polar surface area (TPSA) is 97.7 Å². The number of urea groups is 1. The molecule has 1 saturated heterocycles. The Bertz CT molecular complexity index is 690. The van der Waals surface area contributed by atoms with E-state index in [0.717, 1.165) is 18.7 Å². The van der Waals surface area contributed by atoms with Gasteiger partial charge in [-0.05, 0) is 31.0 Å². The van der Waals surface area contributed by atoms with Gasteiger partial charge in [-0.15, -0.1) is 0 Å². The zero-order chi connectivity index (χ0) is 15.4. The molecule has 1 aromatic heterocycles. The highest BCUT2D eigenvalue weighted by molar-refractivity contribution is 5.89. The van der Waals surface area contributed by atoms with Gasteiger partial charge < -0.3 is 10.2 Å². The summed E-state index contributed by atoms with van der Waals surface area (Å²) in [6.07, 6.45) is 3.40. The summed E-state index contributed by atoms with van der Waals surface area (Å²) in [5, 5.41) is 18.5. The number of nitriles is 1. The van der Waals surface area contributed by atoms with Crippen molar-refractivity contribution in [3.05, 3.63) is 42.0 Å². The van der Waals surface area contributed by atoms with Gasteiger partial charge in [-0.25, -0.2) is 9.78 Å². The molecule has 1 fully saturated rings. The van der Waals surface area contributed by atoms with Crippen LogP contribution in [0.3, 0.4) is 0 Å². The summed E-state index contributed by atoms with van der Waals surface area (Å²) in [5.41, 5.74) is 1.15. The molecule has 2 heterocycles. The SMILES string of the molecule is N#Cc1cccc(NC(=O)N2CCC[C@@H](c3ncn[nH]3)C2)c1. The lowest BCUT2D eigenvalue weighted by molar-refractivity contribution is 0.191. The minimum Gasteiger partial charge on any atom is -0.324 e. The number of rotatable bonds is 2. The fourth-order valence-electron chi connectivity index (χ4n) is 2.67. The van der Waals surface area contributed by atoms with Gasteiger partial charge >= 0.3 is 6.03 Å². The van der Waals surface area contributed by atoms with Crippen molar-refractivity contribution >= 4 is 11.7 Å². The van der Waals surface area contributed by atoms with Gasteiger partial charge in [-0.3, -0.25) is 5.10 Å². The Hall–Kier alpha value is -2.88. The molecule has 2 N–H and O–H groups in total. The molecule has 0 bridgehead atoms. The van der Waals surface area contributed by atoms with Crippen LogP contribution in [0.1, 0.15) is 30.1 Å². The second kappa shape index (κ2) is 6.26. The fourth-order valence-corrected chi connectivity index (χ4v) is 2.67. The molecule has 7 heteroatoms. The van der Waals surface area contributed by atoms with Gasteiger partial charge in [0.15, 0.2) is 0 Å². The van der Waals surface area contributed by atoms with Crippen LogP contribution in [-0.4, -0.2) is 39.2 Å². The summed E-state index contributed by atoms with van der Waals surface area (Å²) in [6, 6.07) is 8.80. The van der Waals surface area contributed by atoms with Crippen molar-refractivity contribution in [3.63, 3.8) is 0 Å². The van der Waals surface area contributed by atoms with Gasteiger partial charge in [0.05, 0.1) is 11.6 Å². The molecule has 22 heavy (non-hydrogen) atoms. The third-order valence-electron chi connectivity index (χ3n) is 3.77. The molecule has 0 aliphatic carbocycles. The van der Waals surface area contributed by atoms with E-state index < -0.39 is 0 Å². The molecule has 1 aliphatic heterocycles. The predicted octanol–water partition coefficient (Wildman–Crippen LogP) is 2.09. The monoisotopic (exact) mass is 296 g/mol. The van der Waals surface area contributed by atoms with Crippen molar-refractivity contribution in [2.24, 2.45) is 0 Å². The lowest BCUT2D eigenvalue weighted by atomic mass is 9.98. The number of hydrogen-bond acceptors (Lipinski definition) is 4. The van der Waals surface area contributed by atoms with Crippen molar-refractivity contribution in [1.82, 2.24) is 20.1 Å². The van der Waals surface area contributed by atoms with Crippen LogP contribution in [0, 0.1) is 11.3 Å². The Kier molecular flexibility index (Phi) is 4.01. The number of aromatic nitrogens is 3. The summed E-state index contributed by atoms with van der Waals surface area (Å²) in [5.74, 6) is 1.01. The van der Waals surface area contributed by atoms with E-state index in [1.165, 1.54) is 6.33 Å². The standard InChI is InChI=1S/C15H16N6O/c16-8-11-3-1-5-13(7-11)19-15(22)21-6-2-4-12(9-21)14-17-10-18-20-14/h1,3,5,7,10,12H,2,4,6,9H2,(H,19,22)(H,17,18,20)/t12-/m1/s1. The Morgan fingerprint density at radius 1 is 1.50 bits per heavy atom. The van der Waals surface area contributed by atoms with Crippen molar-refractivity contribution in [1.29, 1.82) is 5.26 Å². The minimum absolute atomic E-state index is 0.153. The molecule has 2 aromatic rings. The lowest BCUT2D eigenvalue weighted by Gasteiger charge is -2.31. The average Bonchev–Trinajstić information content (AvgIpc) is 3.09. The molecule has 0 unspecified atom stereocenters. The van der Waals surface area contributed by atoms with Crippen LogP contribution >= 0.6 is 0 Å². The molecule has 0 spiro atoms. The van der Waals surface area contributed by atoms with Crippen molar-refractivity contribution in [2.75, 3.05) is 18.4 Å². The smallest absolute Gasteiger partial charge is 0.321 e. The summed E-state index contributed by atoms with van der Waals surface area (Å²) in [4.78, 5) is 18.3. The maximum Gasteiger partial charge on any atom is 0.321 e. The molecule has 1 atom stereocenters. The quantitative estimate of drug-likeness (QED) is 0.886. The van der Waals surface area contributed by atoms with E-state index in [2.05, 4.69) is 26.6 Å². The molecule has 3 rings (SSSR count). The molecule has 2 amide bonds. The van der Waals surface area contributed by atoms with Crippen LogP contribution in [0.4, 0.5) is 10.5 Å². The molecular formula is C15H16N6O. The zero-order valence-electron chi connectivity index (χ0n) is 12.0. The lowest BCUT2D eigenvalue weighted by Crippen LogP contribution is -2.41. The number of piperidine rings is 1. The van der Waals surface area contributed by atoms with Crippen LogP contribution in [0.25, 0.3) is 0 Å². The van der Waals surface area contributed by atoms with Crippen LogP contribution in [0.15, 0.2) is 30.6 Å². The van der Waals surface area contributed by atoms with Gasteiger partial charge in [-0.2, -0.15) is 10.4 Å². The molecular weight excluding hydrogens is 280 g/mol. The highest BCUT2D eigenvalue weighted by Crippen LogP contribution is 2.24. The number of anilines is 1. The van der Waals surface area contributed by atoms with Gasteiger partial charge in [0, 0.05) is 24.7 Å². The molecule has 0 radical (unpaired) electrons. The second-order valence-corrected chi connectivity index (χ2v) is 5.28. The van der Waals surface area contributed by atoms with Crippen molar-refractivity contribution in [2.45, 2.75) is 18.8 Å². The van der Waals surface area contributed by atoms with Crippen LogP contribution in [0.2, 0.25) is 0 Å². The first kappa shape index (κ1) is 14.1. The summed E-state index contributed by atoms with van der Waals surface area (Å²) >= 11 is 0. The van der Waals surface area contributed by atoms with Gasteiger partial charge in [0.25, 0.3) is 0 Å². The first-order chi connectivity index (χ1) is 10.8. The highest BCUT2D eigenvalue weighted by Gasteiger charge is 2.26. The van der Waals surface area contributed by atoms with Crippen LogP contribution in [-0.2, 0) is 0 Å². The molecule has 7 nitrogen and oxygen atoms in total. The number of H-pyrrole nitrogens is 1. The number of aromatic amines is 1. The van der Waals surface area contributed by atoms with E-state index >= 15 is 0 Å². The summed E-state index contributed by atoms with van der Waals surface area (Å²) < 4.78 is 0. The highest BCUT2D eigenvalue weighted by atomic mass is 16.2. The van der Waals surface area contributed by atoms with E-state index in [1.807, 2.05) is 0 Å². The maximum atomic E-state index is 12.4. The largest absolute Gasteiger partial charge is 0.324 e. The number of carbonyl (C=O) groups excluding carboxylic acids is 1. The van der Waals surface area contributed by atoms with Gasteiger partial charge in [0.1, 0.15) is 12.2 Å². The fraction of sp³-hybridized carbons (Fsp3) is 0.333. The second-order valence-electron chi connectivity index (χ2n) is 5.28. The molecule has 112 valence electrons. The van der Waals surface area contributed by atoms with Crippen LogP contribution in [0.5, 0.6) is 0 Å². The van der Waals surface area contributed by atoms with E-state index in [4.69, 9.17) is 5.26 Å². The Morgan fingerprint density at radius 3 is 3.18 bits per heavy atom. The third kappa shape index (κ3) is 3.06. The van der Waals surface area contributed by atoms with Gasteiger partial charge in [-0.1, -0.05) is 6.07 Å². The number of nitrogens with zero attached hydrogens (tertiary/aromatic N) is 4. The van der Waals surface area contributed by atoms with E-state index in [1.54, 1.807) is 29.2 Å². The first-order valence-corrected chi connectivity index (χ1v) is 7.17. The summed E-state index contributed by atoms with van der Waals surface area (Å²) in [6.45, 7) is 1.33. The average molecular weight is 296 g/mol. The number of likely N-dealkylation sites (tertiary alicyclic amines) is 1. The zero-order valence-corrected chi connectivity index (χ0v) is 12.0. The Morgan fingerprint density at radius 2 is 2.41 bits per heavy atom. The van der Waals surface area contributed by atoms with E-state index in [0.29, 0.717) is 24.3 Å². The number of hydrogen-bond donors (Lipinski definition) is 2. The van der Waals surface area contributed by atoms with E-state index in [9.17, 15) is 4.79 Å². The third-order valence-corrected chi connectivity index (χ3v) is 3.77. The molecule has 0 saturated carbocycles. The van der Waals surface area contributed by atoms with Crippen molar-refractivity contribution < 1.29 is 4.79 Å². The van der Waals surface area contributed by atoms with Crippen molar-refractivity contribution in [3.8, 4) is 6.07 Å². The molecule has 1 aliphatic rings. The number of benzene rings is 1. The first-order valence-electron chi connectivity index (χ1n) is 7.17. The number of amides is 2. The normalized spacial score (nSPS) is 17.8. The van der Waals surface area contributed by atoms with Gasteiger partial charge in [0.2, 0.25) is 0 Å². The Labute approximate surface area is 128 Å². The van der Waals surface area contributed by atoms with Crippen LogP contribution < -0.4 is 5.32 Å². The minimum atomic E-state index is -0.153. The van der Waals surface area contributed by atoms with E-state index in [-0.39, 0.29) is 11.9 Å². The summed E-state index contributed by atoms with van der Waals surface area (Å²) in [7, 11) is 0. The number of nitrogens with one attached hydrogen (secondary N) is 2. The predicted molar refractivity (Wildman–Crippen MR) is 80.1 cm³/mol. The Balaban J connectivity index is 1.65.